The summed E-state index contributed by atoms with van der Waals surface area (Å²) < 4.78 is 5.94. The van der Waals surface area contributed by atoms with Gasteiger partial charge in [0, 0.05) is 10.5 Å². The van der Waals surface area contributed by atoms with E-state index in [1.54, 1.807) is 6.07 Å². The van der Waals surface area contributed by atoms with Crippen LogP contribution in [0.2, 0.25) is 10.0 Å². The van der Waals surface area contributed by atoms with Crippen LogP contribution in [0.3, 0.4) is 0 Å². The number of nitro groups is 1. The number of halogens is 3. The van der Waals surface area contributed by atoms with Gasteiger partial charge in [0.15, 0.2) is 5.82 Å². The summed E-state index contributed by atoms with van der Waals surface area (Å²) in [4.78, 5) is 14.4. The average molecular weight is 394 g/mol. The second-order valence-electron chi connectivity index (χ2n) is 3.72. The summed E-state index contributed by atoms with van der Waals surface area (Å²) in [5, 5.41) is 11.3. The molecule has 0 unspecified atom stereocenters. The molecule has 0 aliphatic heterocycles. The van der Waals surface area contributed by atoms with Crippen LogP contribution in [-0.4, -0.2) is 9.91 Å². The van der Waals surface area contributed by atoms with E-state index in [0.29, 0.717) is 4.47 Å². The molecular weight excluding hydrogens is 387 g/mol. The average Bonchev–Trinajstić information content (AvgIpc) is 2.43. The van der Waals surface area contributed by atoms with E-state index in [9.17, 15) is 10.1 Å². The minimum Gasteiger partial charge on any atom is -0.430 e. The van der Waals surface area contributed by atoms with Crippen molar-refractivity contribution in [2.45, 2.75) is 0 Å². The molecular formula is C11H7BrCl2N4O3. The molecule has 0 aliphatic rings. The number of nitrogens with zero attached hydrogens (tertiary/aromatic N) is 2. The van der Waals surface area contributed by atoms with Gasteiger partial charge in [-0.05, 0) is 18.2 Å². The Labute approximate surface area is 137 Å². The second kappa shape index (κ2) is 6.44. The number of rotatable bonds is 4. The Kier molecular flexibility index (Phi) is 4.84. The van der Waals surface area contributed by atoms with Crippen LogP contribution >= 0.6 is 39.1 Å². The van der Waals surface area contributed by atoms with Gasteiger partial charge in [0.05, 0.1) is 9.95 Å². The predicted octanol–water partition coefficient (Wildman–Crippen LogP) is 4.14. The zero-order chi connectivity index (χ0) is 15.6. The summed E-state index contributed by atoms with van der Waals surface area (Å²) in [6.07, 6.45) is 0. The third kappa shape index (κ3) is 3.53. The van der Waals surface area contributed by atoms with E-state index in [0.717, 1.165) is 0 Å². The van der Waals surface area contributed by atoms with E-state index in [4.69, 9.17) is 33.8 Å². The summed E-state index contributed by atoms with van der Waals surface area (Å²) >= 11 is 15.0. The van der Waals surface area contributed by atoms with Gasteiger partial charge in [0.2, 0.25) is 11.6 Å². The van der Waals surface area contributed by atoms with Gasteiger partial charge < -0.3 is 10.2 Å². The molecule has 0 saturated carbocycles. The Morgan fingerprint density at radius 3 is 2.67 bits per heavy atom. The summed E-state index contributed by atoms with van der Waals surface area (Å²) in [6, 6.07) is 5.69. The van der Waals surface area contributed by atoms with Gasteiger partial charge in [0.25, 0.3) is 0 Å². The number of hydrazine groups is 1. The Hall–Kier alpha value is -1.61. The third-order valence-corrected chi connectivity index (χ3v) is 3.41. The van der Waals surface area contributed by atoms with Crippen molar-refractivity contribution in [3.63, 3.8) is 0 Å². The van der Waals surface area contributed by atoms with Crippen molar-refractivity contribution in [3.05, 3.63) is 48.9 Å². The molecule has 10 heteroatoms. The number of anilines is 1. The van der Waals surface area contributed by atoms with Gasteiger partial charge in [-0.2, -0.15) is 4.98 Å². The maximum absolute atomic E-state index is 11.0. The lowest BCUT2D eigenvalue weighted by molar-refractivity contribution is -0.385. The van der Waals surface area contributed by atoms with Crippen LogP contribution in [0.25, 0.3) is 0 Å². The molecule has 0 atom stereocenters. The van der Waals surface area contributed by atoms with Crippen LogP contribution in [-0.2, 0) is 0 Å². The zero-order valence-corrected chi connectivity index (χ0v) is 13.2. The number of benzene rings is 1. The van der Waals surface area contributed by atoms with E-state index in [2.05, 4.69) is 26.3 Å². The minimum absolute atomic E-state index is 0.0112. The fraction of sp³-hybridized carbons (Fsp3) is 0. The molecule has 1 heterocycles. The minimum atomic E-state index is -0.577. The van der Waals surface area contributed by atoms with E-state index in [-0.39, 0.29) is 33.2 Å². The first kappa shape index (κ1) is 15.8. The van der Waals surface area contributed by atoms with Crippen molar-refractivity contribution >= 4 is 50.6 Å². The van der Waals surface area contributed by atoms with Crippen LogP contribution in [0.15, 0.2) is 28.7 Å². The standard InChI is InChI=1S/C11H7BrCl2N4O3/c12-5-1-2-9(8(3-5)18(19)20)21-11-7(14)4-6(13)10(16-11)17-15/h1-4H,15H2,(H,16,17). The largest absolute Gasteiger partial charge is 0.430 e. The van der Waals surface area contributed by atoms with E-state index in [1.807, 2.05) is 0 Å². The van der Waals surface area contributed by atoms with Gasteiger partial charge >= 0.3 is 5.69 Å². The van der Waals surface area contributed by atoms with Gasteiger partial charge in [-0.15, -0.1) is 0 Å². The lowest BCUT2D eigenvalue weighted by Gasteiger charge is -2.10. The van der Waals surface area contributed by atoms with Crippen molar-refractivity contribution in [1.29, 1.82) is 0 Å². The highest BCUT2D eigenvalue weighted by atomic mass is 79.9. The lowest BCUT2D eigenvalue weighted by atomic mass is 10.3. The monoisotopic (exact) mass is 392 g/mol. The molecule has 0 saturated heterocycles. The molecule has 2 rings (SSSR count). The number of nitrogens with one attached hydrogen (secondary N) is 1. The van der Waals surface area contributed by atoms with Crippen molar-refractivity contribution < 1.29 is 9.66 Å². The summed E-state index contributed by atoms with van der Waals surface area (Å²) in [5.74, 6) is 5.32. The molecule has 1 aromatic heterocycles. The molecule has 0 amide bonds. The fourth-order valence-electron chi connectivity index (χ4n) is 1.45. The lowest BCUT2D eigenvalue weighted by Crippen LogP contribution is -2.09. The van der Waals surface area contributed by atoms with Crippen LogP contribution in [0, 0.1) is 10.1 Å². The van der Waals surface area contributed by atoms with Crippen molar-refractivity contribution in [2.75, 3.05) is 5.43 Å². The van der Waals surface area contributed by atoms with E-state index >= 15 is 0 Å². The molecule has 2 aromatic rings. The number of pyridine rings is 1. The SMILES string of the molecule is NNc1nc(Oc2ccc(Br)cc2[N+](=O)[O-])c(Cl)cc1Cl. The van der Waals surface area contributed by atoms with Crippen molar-refractivity contribution in [3.8, 4) is 11.6 Å². The van der Waals surface area contributed by atoms with Crippen molar-refractivity contribution in [2.24, 2.45) is 5.84 Å². The molecule has 0 radical (unpaired) electrons. The molecule has 7 nitrogen and oxygen atoms in total. The number of nitrogens with two attached hydrogens (primary N) is 1. The number of hydrogen-bond donors (Lipinski definition) is 2. The first-order valence-corrected chi connectivity index (χ1v) is 6.91. The summed E-state index contributed by atoms with van der Waals surface area (Å²) in [7, 11) is 0. The highest BCUT2D eigenvalue weighted by molar-refractivity contribution is 9.10. The first-order chi connectivity index (χ1) is 9.92. The summed E-state index contributed by atoms with van der Waals surface area (Å²) in [5.41, 5.74) is 2.04. The highest BCUT2D eigenvalue weighted by Gasteiger charge is 2.19. The van der Waals surface area contributed by atoms with Crippen molar-refractivity contribution in [1.82, 2.24) is 4.98 Å². The smallest absolute Gasteiger partial charge is 0.312 e. The maximum atomic E-state index is 11.0. The number of aromatic nitrogens is 1. The molecule has 0 bridgehead atoms. The molecule has 0 aliphatic carbocycles. The summed E-state index contributed by atoms with van der Waals surface area (Å²) in [6.45, 7) is 0. The zero-order valence-electron chi connectivity index (χ0n) is 10.1. The van der Waals surface area contributed by atoms with E-state index < -0.39 is 4.92 Å². The van der Waals surface area contributed by atoms with Gasteiger partial charge in [0.1, 0.15) is 5.02 Å². The van der Waals surface area contributed by atoms with Gasteiger partial charge in [-0.3, -0.25) is 10.1 Å². The first-order valence-electron chi connectivity index (χ1n) is 5.37. The normalized spacial score (nSPS) is 10.3. The quantitative estimate of drug-likeness (QED) is 0.459. The van der Waals surface area contributed by atoms with Crippen LogP contribution < -0.4 is 16.0 Å². The molecule has 3 N–H and O–H groups in total. The number of ether oxygens (including phenoxy) is 1. The molecule has 0 spiro atoms. The Morgan fingerprint density at radius 2 is 2.05 bits per heavy atom. The van der Waals surface area contributed by atoms with E-state index in [1.165, 1.54) is 18.2 Å². The molecule has 21 heavy (non-hydrogen) atoms. The van der Waals surface area contributed by atoms with Crippen LogP contribution in [0.4, 0.5) is 11.5 Å². The van der Waals surface area contributed by atoms with Crippen LogP contribution in [0.5, 0.6) is 11.6 Å². The predicted molar refractivity (Wildman–Crippen MR) is 82.9 cm³/mol. The molecule has 0 fully saturated rings. The fourth-order valence-corrected chi connectivity index (χ4v) is 2.25. The Morgan fingerprint density at radius 1 is 1.33 bits per heavy atom. The topological polar surface area (TPSA) is 103 Å². The third-order valence-electron chi connectivity index (χ3n) is 2.36. The van der Waals surface area contributed by atoms with Gasteiger partial charge in [-0.1, -0.05) is 39.1 Å². The van der Waals surface area contributed by atoms with Gasteiger partial charge in [-0.25, -0.2) is 5.84 Å². The Balaban J connectivity index is 2.45. The highest BCUT2D eigenvalue weighted by Crippen LogP contribution is 2.37. The number of hydrogen-bond acceptors (Lipinski definition) is 6. The molecule has 110 valence electrons. The second-order valence-corrected chi connectivity index (χ2v) is 5.45. The Bertz CT molecular complexity index is 714. The number of nitrogen functional groups attached to an aromatic ring is 1. The maximum Gasteiger partial charge on any atom is 0.312 e. The number of nitro benzene ring substituents is 1. The molecule has 1 aromatic carbocycles. The van der Waals surface area contributed by atoms with Crippen LogP contribution in [0.1, 0.15) is 0 Å².